The Bertz CT molecular complexity index is 1350. The van der Waals surface area contributed by atoms with Gasteiger partial charge in [-0.3, -0.25) is 14.4 Å². The van der Waals surface area contributed by atoms with E-state index in [9.17, 15) is 22.8 Å². The largest absolute Gasteiger partial charge is 0.339 e. The summed E-state index contributed by atoms with van der Waals surface area (Å²) in [6.07, 6.45) is 5.15. The number of anilines is 1. The Morgan fingerprint density at radius 1 is 1.05 bits per heavy atom. The Hall–Kier alpha value is -3.28. The van der Waals surface area contributed by atoms with Crippen molar-refractivity contribution < 1.29 is 22.8 Å². The maximum Gasteiger partial charge on any atom is 0.257 e. The first-order chi connectivity index (χ1) is 19.1. The van der Waals surface area contributed by atoms with E-state index in [1.54, 1.807) is 4.90 Å². The molecule has 3 amide bonds. The zero-order chi connectivity index (χ0) is 29.4. The Labute approximate surface area is 241 Å². The molecular weight excluding hydrogens is 548 g/mol. The molecule has 0 radical (unpaired) electrons. The van der Waals surface area contributed by atoms with Crippen molar-refractivity contribution in [2.45, 2.75) is 51.5 Å². The van der Waals surface area contributed by atoms with Gasteiger partial charge >= 0.3 is 0 Å². The van der Waals surface area contributed by atoms with Gasteiger partial charge in [-0.05, 0) is 49.1 Å². The molecule has 1 aromatic carbocycles. The second-order valence-corrected chi connectivity index (χ2v) is 12.6. The summed E-state index contributed by atoms with van der Waals surface area (Å²) < 4.78 is 27.3. The van der Waals surface area contributed by atoms with Crippen LogP contribution in [0.15, 0.2) is 54.5 Å². The van der Waals surface area contributed by atoms with Gasteiger partial charge in [-0.25, -0.2) is 8.42 Å². The highest BCUT2D eigenvalue weighted by Gasteiger charge is 2.31. The van der Waals surface area contributed by atoms with Gasteiger partial charge in [0.25, 0.3) is 11.8 Å². The summed E-state index contributed by atoms with van der Waals surface area (Å²) in [7, 11) is -3.80. The van der Waals surface area contributed by atoms with Crippen molar-refractivity contribution in [2.24, 2.45) is 0 Å². The van der Waals surface area contributed by atoms with Gasteiger partial charge in [-0.1, -0.05) is 26.0 Å². The van der Waals surface area contributed by atoms with E-state index in [0.29, 0.717) is 43.2 Å². The number of hydrogen-bond acceptors (Lipinski definition) is 6. The van der Waals surface area contributed by atoms with Gasteiger partial charge in [-0.15, -0.1) is 24.5 Å². The van der Waals surface area contributed by atoms with Crippen molar-refractivity contribution in [3.63, 3.8) is 0 Å². The first-order valence-corrected chi connectivity index (χ1v) is 15.7. The standard InChI is InChI=1S/C29H38N4O5S2/c1-6-15-31(16-7-2)29(36)26-24-14-19-32(21(5)34)20-25(24)39-28(26)30-27(35)22-10-12-23(13-11-22)40(37,38)33(17-8-3)18-9-4/h8-13H,3-4,6-7,14-20H2,1-2,5H3,(H,30,35). The smallest absolute Gasteiger partial charge is 0.257 e. The number of hydrogen-bond donors (Lipinski definition) is 1. The van der Waals surface area contributed by atoms with Gasteiger partial charge in [0.2, 0.25) is 15.9 Å². The molecule has 0 saturated heterocycles. The predicted octanol–water partition coefficient (Wildman–Crippen LogP) is 4.53. The van der Waals surface area contributed by atoms with E-state index in [4.69, 9.17) is 0 Å². The highest BCUT2D eigenvalue weighted by atomic mass is 32.2. The van der Waals surface area contributed by atoms with Gasteiger partial charge in [0.1, 0.15) is 5.00 Å². The fraction of sp³-hybridized carbons (Fsp3) is 0.414. The SMILES string of the molecule is C=CCN(CC=C)S(=O)(=O)c1ccc(C(=O)Nc2sc3c(c2C(=O)N(CCC)CCC)CCN(C(C)=O)C3)cc1. The number of carbonyl (C=O) groups excluding carboxylic acids is 3. The number of carbonyl (C=O) groups is 3. The first-order valence-electron chi connectivity index (χ1n) is 13.4. The van der Waals surface area contributed by atoms with E-state index in [1.165, 1.54) is 59.0 Å². The number of nitrogens with zero attached hydrogens (tertiary/aromatic N) is 3. The molecule has 9 nitrogen and oxygen atoms in total. The number of fused-ring (bicyclic) bond motifs is 1. The van der Waals surface area contributed by atoms with Crippen LogP contribution in [0, 0.1) is 0 Å². The molecule has 1 N–H and O–H groups in total. The Kier molecular flexibility index (Phi) is 10.8. The van der Waals surface area contributed by atoms with Crippen LogP contribution in [0.5, 0.6) is 0 Å². The molecule has 0 unspecified atom stereocenters. The molecule has 1 aliphatic rings. The molecule has 0 atom stereocenters. The third kappa shape index (κ3) is 6.89. The zero-order valence-electron chi connectivity index (χ0n) is 23.4. The number of rotatable bonds is 13. The van der Waals surface area contributed by atoms with Crippen LogP contribution < -0.4 is 5.32 Å². The molecule has 0 spiro atoms. The summed E-state index contributed by atoms with van der Waals surface area (Å²) in [5, 5.41) is 3.36. The van der Waals surface area contributed by atoms with E-state index in [0.717, 1.165) is 23.3 Å². The fourth-order valence-corrected chi connectivity index (χ4v) is 7.29. The zero-order valence-corrected chi connectivity index (χ0v) is 25.1. The van der Waals surface area contributed by atoms with E-state index < -0.39 is 15.9 Å². The maximum atomic E-state index is 13.8. The van der Waals surface area contributed by atoms with Crippen LogP contribution in [0.2, 0.25) is 0 Å². The van der Waals surface area contributed by atoms with Gasteiger partial charge in [0.05, 0.1) is 17.0 Å². The first kappa shape index (κ1) is 31.3. The predicted molar refractivity (Wildman–Crippen MR) is 159 cm³/mol. The Morgan fingerprint density at radius 3 is 2.17 bits per heavy atom. The van der Waals surface area contributed by atoms with Gasteiger partial charge < -0.3 is 15.1 Å². The highest BCUT2D eigenvalue weighted by molar-refractivity contribution is 7.89. The summed E-state index contributed by atoms with van der Waals surface area (Å²) in [6, 6.07) is 5.69. The lowest BCUT2D eigenvalue weighted by Gasteiger charge is -2.27. The molecular formula is C29H38N4O5S2. The molecule has 3 rings (SSSR count). The number of sulfonamides is 1. The number of thiophene rings is 1. The van der Waals surface area contributed by atoms with Crippen LogP contribution in [0.4, 0.5) is 5.00 Å². The minimum Gasteiger partial charge on any atom is -0.339 e. The van der Waals surface area contributed by atoms with Crippen molar-refractivity contribution in [3.05, 3.63) is 71.1 Å². The van der Waals surface area contributed by atoms with Crippen LogP contribution in [0.1, 0.15) is 64.8 Å². The third-order valence-electron chi connectivity index (χ3n) is 6.64. The molecule has 1 aromatic heterocycles. The lowest BCUT2D eigenvalue weighted by atomic mass is 10.0. The molecule has 40 heavy (non-hydrogen) atoms. The van der Waals surface area contributed by atoms with Crippen LogP contribution in [0.25, 0.3) is 0 Å². The van der Waals surface area contributed by atoms with E-state index in [2.05, 4.69) is 18.5 Å². The molecule has 0 aliphatic carbocycles. The Balaban J connectivity index is 1.94. The normalized spacial score (nSPS) is 13.1. The average molecular weight is 587 g/mol. The molecule has 11 heteroatoms. The number of amides is 3. The van der Waals surface area contributed by atoms with Crippen molar-refractivity contribution >= 4 is 44.1 Å². The fourth-order valence-electron chi connectivity index (χ4n) is 4.66. The van der Waals surface area contributed by atoms with Crippen LogP contribution in [-0.2, 0) is 27.8 Å². The van der Waals surface area contributed by atoms with E-state index >= 15 is 0 Å². The molecule has 0 saturated carbocycles. The topological polar surface area (TPSA) is 107 Å². The summed E-state index contributed by atoms with van der Waals surface area (Å²) in [4.78, 5) is 43.6. The summed E-state index contributed by atoms with van der Waals surface area (Å²) in [5.74, 6) is -0.615. The third-order valence-corrected chi connectivity index (χ3v) is 9.62. The lowest BCUT2D eigenvalue weighted by Crippen LogP contribution is -2.36. The second kappa shape index (κ2) is 13.9. The van der Waals surface area contributed by atoms with Crippen molar-refractivity contribution in [2.75, 3.05) is 38.0 Å². The number of benzene rings is 1. The summed E-state index contributed by atoms with van der Waals surface area (Å²) in [6.45, 7) is 15.2. The molecule has 216 valence electrons. The van der Waals surface area contributed by atoms with Gasteiger partial charge in [0, 0.05) is 50.1 Å². The summed E-state index contributed by atoms with van der Waals surface area (Å²) in [5.41, 5.74) is 1.63. The molecule has 2 aromatic rings. The van der Waals surface area contributed by atoms with Gasteiger partial charge in [0.15, 0.2) is 0 Å². The quantitative estimate of drug-likeness (QED) is 0.347. The highest BCUT2D eigenvalue weighted by Crippen LogP contribution is 2.38. The molecule has 1 aliphatic heterocycles. The van der Waals surface area contributed by atoms with E-state index in [1.807, 2.05) is 18.7 Å². The maximum absolute atomic E-state index is 13.8. The minimum atomic E-state index is -3.80. The monoisotopic (exact) mass is 586 g/mol. The molecule has 0 fully saturated rings. The minimum absolute atomic E-state index is 0.0362. The molecule has 0 bridgehead atoms. The van der Waals surface area contributed by atoms with Crippen molar-refractivity contribution in [1.29, 1.82) is 0 Å². The molecule has 2 heterocycles. The number of nitrogens with one attached hydrogen (secondary N) is 1. The van der Waals surface area contributed by atoms with Gasteiger partial charge in [-0.2, -0.15) is 4.31 Å². The van der Waals surface area contributed by atoms with Crippen molar-refractivity contribution in [1.82, 2.24) is 14.1 Å². The second-order valence-electron chi connectivity index (χ2n) is 9.57. The van der Waals surface area contributed by atoms with Crippen LogP contribution in [-0.4, -0.2) is 73.0 Å². The van der Waals surface area contributed by atoms with Crippen molar-refractivity contribution in [3.8, 4) is 0 Å². The van der Waals surface area contributed by atoms with Crippen LogP contribution >= 0.6 is 11.3 Å². The van der Waals surface area contributed by atoms with E-state index in [-0.39, 0.29) is 35.4 Å². The van der Waals surface area contributed by atoms with Crippen LogP contribution in [0.3, 0.4) is 0 Å². The average Bonchev–Trinajstić information content (AvgIpc) is 3.29. The lowest BCUT2D eigenvalue weighted by molar-refractivity contribution is -0.129. The Morgan fingerprint density at radius 2 is 1.65 bits per heavy atom. The summed E-state index contributed by atoms with van der Waals surface area (Å²) >= 11 is 1.32.